The number of azo groups is 1. The van der Waals surface area contributed by atoms with Crippen LogP contribution in [0.15, 0.2) is 63.8 Å². The predicted molar refractivity (Wildman–Crippen MR) is 151 cm³/mol. The van der Waals surface area contributed by atoms with E-state index in [2.05, 4.69) is 30.2 Å². The number of aromatic nitrogens is 4. The number of nitrogens with one attached hydrogen (secondary N) is 1. The molecule has 5 rings (SSSR count). The van der Waals surface area contributed by atoms with E-state index in [1.165, 1.54) is 28.9 Å². The van der Waals surface area contributed by atoms with Crippen LogP contribution in [-0.4, -0.2) is 59.1 Å². The number of phenols is 1. The summed E-state index contributed by atoms with van der Waals surface area (Å²) in [7, 11) is -3.01. The van der Waals surface area contributed by atoms with Gasteiger partial charge in [0, 0.05) is 34.5 Å². The monoisotopic (exact) mass is 613 g/mol. The molecule has 5 aromatic rings. The van der Waals surface area contributed by atoms with Gasteiger partial charge in [0.15, 0.2) is 5.65 Å². The van der Waals surface area contributed by atoms with Crippen molar-refractivity contribution in [1.82, 2.24) is 24.1 Å². The number of anilines is 1. The Hall–Kier alpha value is -4.43. The van der Waals surface area contributed by atoms with E-state index in [4.69, 9.17) is 10.7 Å². The van der Waals surface area contributed by atoms with Gasteiger partial charge in [-0.2, -0.15) is 28.2 Å². The number of halogens is 1. The molecule has 0 aliphatic rings. The summed E-state index contributed by atoms with van der Waals surface area (Å²) in [5.74, 6) is -0.583. The molecular weight excluding hydrogens is 594 g/mol. The quantitative estimate of drug-likeness (QED) is 0.189. The lowest BCUT2D eigenvalue weighted by atomic mass is 10.1. The topological polar surface area (TPSA) is 195 Å². The third kappa shape index (κ3) is 5.11. The summed E-state index contributed by atoms with van der Waals surface area (Å²) in [6, 6.07) is 12.1. The number of phenolic OH excluding ortho intramolecular Hbond substituents is 1. The third-order valence-electron chi connectivity index (χ3n) is 6.21. The van der Waals surface area contributed by atoms with Gasteiger partial charge in [-0.15, -0.1) is 15.3 Å². The summed E-state index contributed by atoms with van der Waals surface area (Å²) in [4.78, 5) is -0.426. The number of fused-ring (bicyclic) bond motifs is 4. The van der Waals surface area contributed by atoms with Crippen molar-refractivity contribution in [3.63, 3.8) is 0 Å². The fraction of sp³-hybridized carbons (Fsp3) is 0.167. The molecule has 0 aliphatic heterocycles. The summed E-state index contributed by atoms with van der Waals surface area (Å²) in [6.07, 6.45) is 1.36. The van der Waals surface area contributed by atoms with Gasteiger partial charge >= 0.3 is 9.24 Å². The number of nitriles is 1. The highest BCUT2D eigenvalue weighted by molar-refractivity contribution is 8.14. The number of nitrogens with zero attached hydrogens (tertiary/aromatic N) is 8. The molecule has 17 heteroatoms. The van der Waals surface area contributed by atoms with Gasteiger partial charge in [0.05, 0.1) is 28.8 Å². The van der Waals surface area contributed by atoms with Gasteiger partial charge in [0.1, 0.15) is 27.8 Å². The highest BCUT2D eigenvalue weighted by atomic mass is 35.7. The van der Waals surface area contributed by atoms with Gasteiger partial charge in [-0.3, -0.25) is 4.72 Å². The van der Waals surface area contributed by atoms with Crippen LogP contribution in [0.2, 0.25) is 0 Å². The summed E-state index contributed by atoms with van der Waals surface area (Å²) in [5.41, 5.74) is 1.61. The Morgan fingerprint density at radius 2 is 1.85 bits per heavy atom. The molecule has 0 aliphatic carbocycles. The Morgan fingerprint density at radius 3 is 2.54 bits per heavy atom. The number of aromatic hydroxyl groups is 1. The van der Waals surface area contributed by atoms with Gasteiger partial charge in [-0.05, 0) is 30.3 Å². The second-order valence-electron chi connectivity index (χ2n) is 8.58. The summed E-state index contributed by atoms with van der Waals surface area (Å²) in [5, 5.41) is 41.3. The van der Waals surface area contributed by atoms with Gasteiger partial charge in [0.25, 0.3) is 0 Å². The Bertz CT molecular complexity index is 2140. The molecule has 0 amide bonds. The molecule has 0 spiro atoms. The number of sulfonamides is 1. The molecule has 2 heterocycles. The molecule has 0 bridgehead atoms. The number of benzene rings is 3. The first-order valence-electron chi connectivity index (χ1n) is 12.0. The second-order valence-corrected chi connectivity index (χ2v) is 12.8. The maximum absolute atomic E-state index is 13.4. The van der Waals surface area contributed by atoms with Gasteiger partial charge in [0.2, 0.25) is 10.0 Å². The average Bonchev–Trinajstić information content (AvgIpc) is 3.36. The van der Waals surface area contributed by atoms with E-state index in [0.29, 0.717) is 16.7 Å². The normalized spacial score (nSPS) is 12.6. The maximum Gasteiger partial charge on any atom is 0.319 e. The smallest absolute Gasteiger partial charge is 0.319 e. The van der Waals surface area contributed by atoms with Crippen molar-refractivity contribution >= 4 is 74.5 Å². The molecule has 2 N–H and O–H groups in total. The molecule has 0 atom stereocenters. The van der Waals surface area contributed by atoms with E-state index in [1.54, 1.807) is 32.0 Å². The summed E-state index contributed by atoms with van der Waals surface area (Å²) in [6.45, 7) is 3.62. The highest BCUT2D eigenvalue weighted by Gasteiger charge is 2.28. The van der Waals surface area contributed by atoms with Crippen molar-refractivity contribution in [3.05, 3.63) is 54.2 Å². The molecule has 14 nitrogen and oxygen atoms in total. The van der Waals surface area contributed by atoms with Crippen LogP contribution < -0.4 is 4.72 Å². The minimum absolute atomic E-state index is 0.00793. The Kier molecular flexibility index (Phi) is 7.21. The van der Waals surface area contributed by atoms with Crippen LogP contribution in [-0.2, 0) is 19.3 Å². The fourth-order valence-corrected chi connectivity index (χ4v) is 6.61. The summed E-state index contributed by atoms with van der Waals surface area (Å²) < 4.78 is 55.3. The van der Waals surface area contributed by atoms with Crippen LogP contribution in [0.25, 0.3) is 27.5 Å². The van der Waals surface area contributed by atoms with Crippen LogP contribution in [0.3, 0.4) is 0 Å². The van der Waals surface area contributed by atoms with Crippen LogP contribution >= 0.6 is 10.7 Å². The lowest BCUT2D eigenvalue weighted by molar-refractivity contribution is 0.431. The van der Waals surface area contributed by atoms with Gasteiger partial charge in [-0.25, -0.2) is 12.9 Å². The van der Waals surface area contributed by atoms with Crippen molar-refractivity contribution in [1.29, 1.82) is 5.26 Å². The Balaban J connectivity index is 1.74. The van der Waals surface area contributed by atoms with Crippen LogP contribution in [0.5, 0.6) is 5.75 Å². The Morgan fingerprint density at radius 1 is 1.10 bits per heavy atom. The standard InChI is InChI=1S/C24H20ClN9O5S2/c1-3-33(4-2)40(36,37)21-11-19(22-16(23(21)35)6-5-7-18(22)32-41(25,38)39)30-28-15-8-9-17-20(10-15)34-24(31-29-17)14(12-26)13-27-34/h5-11,13,32,35H,3-4H2,1-2H3. The van der Waals surface area contributed by atoms with E-state index >= 15 is 0 Å². The van der Waals surface area contributed by atoms with Crippen LogP contribution in [0.4, 0.5) is 17.1 Å². The van der Waals surface area contributed by atoms with Crippen molar-refractivity contribution in [2.75, 3.05) is 17.8 Å². The zero-order valence-corrected chi connectivity index (χ0v) is 23.8. The van der Waals surface area contributed by atoms with Gasteiger partial charge in [-0.1, -0.05) is 26.0 Å². The zero-order valence-electron chi connectivity index (χ0n) is 21.4. The van der Waals surface area contributed by atoms with E-state index in [1.807, 2.05) is 6.07 Å². The zero-order chi connectivity index (χ0) is 29.5. The van der Waals surface area contributed by atoms with E-state index in [9.17, 15) is 27.2 Å². The third-order valence-corrected chi connectivity index (χ3v) is 8.97. The highest BCUT2D eigenvalue weighted by Crippen LogP contribution is 2.43. The first-order chi connectivity index (χ1) is 19.5. The molecule has 2 aromatic heterocycles. The predicted octanol–water partition coefficient (Wildman–Crippen LogP) is 4.35. The second kappa shape index (κ2) is 10.5. The number of hydrogen-bond donors (Lipinski definition) is 2. The van der Waals surface area contributed by atoms with Crippen molar-refractivity contribution in [2.45, 2.75) is 18.7 Å². The lowest BCUT2D eigenvalue weighted by Gasteiger charge is -2.20. The molecule has 0 saturated heterocycles. The van der Waals surface area contributed by atoms with Crippen LogP contribution in [0.1, 0.15) is 19.4 Å². The van der Waals surface area contributed by atoms with Crippen LogP contribution in [0, 0.1) is 11.3 Å². The van der Waals surface area contributed by atoms with E-state index in [0.717, 1.165) is 10.4 Å². The minimum atomic E-state index is -4.27. The average molecular weight is 614 g/mol. The molecule has 0 saturated carbocycles. The lowest BCUT2D eigenvalue weighted by Crippen LogP contribution is -2.30. The minimum Gasteiger partial charge on any atom is -0.506 e. The van der Waals surface area contributed by atoms with E-state index in [-0.39, 0.29) is 46.4 Å². The molecular formula is C24H20ClN9O5S2. The van der Waals surface area contributed by atoms with Crippen molar-refractivity contribution < 1.29 is 21.9 Å². The fourth-order valence-electron chi connectivity index (χ4n) is 4.35. The maximum atomic E-state index is 13.4. The molecule has 0 fully saturated rings. The Labute approximate surface area is 238 Å². The van der Waals surface area contributed by atoms with Crippen molar-refractivity contribution in [3.8, 4) is 11.8 Å². The molecule has 0 unspecified atom stereocenters. The first-order valence-corrected chi connectivity index (χ1v) is 15.7. The molecule has 210 valence electrons. The number of hydrogen-bond acceptors (Lipinski definition) is 11. The van der Waals surface area contributed by atoms with Crippen molar-refractivity contribution in [2.24, 2.45) is 10.2 Å². The molecule has 3 aromatic carbocycles. The van der Waals surface area contributed by atoms with E-state index < -0.39 is 29.9 Å². The number of rotatable bonds is 8. The largest absolute Gasteiger partial charge is 0.506 e. The first kappa shape index (κ1) is 28.1. The SMILES string of the molecule is CCN(CC)S(=O)(=O)c1cc(N=Nc2ccc3nnc4c(C#N)cnn4c3c2)c2c(NS(=O)(=O)Cl)cccc2c1O. The summed E-state index contributed by atoms with van der Waals surface area (Å²) >= 11 is 0. The molecule has 0 radical (unpaired) electrons. The van der Waals surface area contributed by atoms with Gasteiger partial charge < -0.3 is 5.11 Å². The molecule has 41 heavy (non-hydrogen) atoms.